The molecule has 1 aliphatic rings. The van der Waals surface area contributed by atoms with Crippen LogP contribution in [-0.4, -0.2) is 23.5 Å². The monoisotopic (exact) mass is 263 g/mol. The van der Waals surface area contributed by atoms with E-state index in [1.807, 2.05) is 16.8 Å². The summed E-state index contributed by atoms with van der Waals surface area (Å²) in [6.07, 6.45) is -4.25. The quantitative estimate of drug-likeness (QED) is 0.801. The van der Waals surface area contributed by atoms with Gasteiger partial charge in [0.15, 0.2) is 0 Å². The van der Waals surface area contributed by atoms with Crippen molar-refractivity contribution in [2.75, 3.05) is 6.54 Å². The van der Waals surface area contributed by atoms with Crippen LogP contribution in [0.15, 0.2) is 16.8 Å². The van der Waals surface area contributed by atoms with Gasteiger partial charge < -0.3 is 4.90 Å². The number of carbonyl (C=O) groups is 1. The van der Waals surface area contributed by atoms with Crippen molar-refractivity contribution in [3.63, 3.8) is 0 Å². The fraction of sp³-hybridized carbons (Fsp3) is 0.545. The maximum atomic E-state index is 12.2. The predicted molar refractivity (Wildman–Crippen MR) is 58.7 cm³/mol. The van der Waals surface area contributed by atoms with Crippen LogP contribution in [0.2, 0.25) is 0 Å². The Morgan fingerprint density at radius 3 is 2.88 bits per heavy atom. The van der Waals surface area contributed by atoms with Gasteiger partial charge in [-0.1, -0.05) is 0 Å². The van der Waals surface area contributed by atoms with Crippen molar-refractivity contribution in [2.24, 2.45) is 0 Å². The van der Waals surface area contributed by atoms with E-state index >= 15 is 0 Å². The molecule has 1 aromatic heterocycles. The van der Waals surface area contributed by atoms with E-state index in [4.69, 9.17) is 0 Å². The lowest BCUT2D eigenvalue weighted by atomic mass is 10.1. The molecule has 2 nitrogen and oxygen atoms in total. The molecule has 17 heavy (non-hydrogen) atoms. The van der Waals surface area contributed by atoms with Crippen LogP contribution in [0.4, 0.5) is 13.2 Å². The number of hydrogen-bond donors (Lipinski definition) is 0. The maximum Gasteiger partial charge on any atom is 0.397 e. The molecule has 0 N–H and O–H groups in total. The molecule has 0 aromatic carbocycles. The minimum absolute atomic E-state index is 0.170. The third-order valence-corrected chi connectivity index (χ3v) is 3.55. The number of thiophene rings is 1. The summed E-state index contributed by atoms with van der Waals surface area (Å²) in [4.78, 5) is 12.9. The molecule has 1 amide bonds. The SMILES string of the molecule is O=C(CC(F)(F)F)N1CCC[C@@H]1c1ccsc1. The van der Waals surface area contributed by atoms with Crippen LogP contribution >= 0.6 is 11.3 Å². The van der Waals surface area contributed by atoms with E-state index in [-0.39, 0.29) is 6.04 Å². The van der Waals surface area contributed by atoms with E-state index in [0.29, 0.717) is 6.54 Å². The van der Waals surface area contributed by atoms with Crippen LogP contribution in [0.25, 0.3) is 0 Å². The van der Waals surface area contributed by atoms with Crippen LogP contribution in [0.3, 0.4) is 0 Å². The molecule has 1 aromatic rings. The molecule has 0 spiro atoms. The highest BCUT2D eigenvalue weighted by atomic mass is 32.1. The Kier molecular flexibility index (Phi) is 3.42. The Morgan fingerprint density at radius 1 is 1.53 bits per heavy atom. The second-order valence-electron chi connectivity index (χ2n) is 4.09. The smallest absolute Gasteiger partial charge is 0.335 e. The fourth-order valence-corrected chi connectivity index (χ4v) is 2.86. The summed E-state index contributed by atoms with van der Waals surface area (Å²) in [5, 5.41) is 3.77. The second kappa shape index (κ2) is 4.68. The van der Waals surface area contributed by atoms with Crippen molar-refractivity contribution < 1.29 is 18.0 Å². The number of halogens is 3. The first-order valence-corrected chi connectivity index (χ1v) is 6.30. The molecule has 0 unspecified atom stereocenters. The lowest BCUT2D eigenvalue weighted by molar-refractivity contribution is -0.162. The van der Waals surface area contributed by atoms with Gasteiger partial charge in [0.05, 0.1) is 6.04 Å². The standard InChI is InChI=1S/C11H12F3NOS/c12-11(13,14)6-10(16)15-4-1-2-9(15)8-3-5-17-7-8/h3,5,7,9H,1-2,4,6H2/t9-/m1/s1. The number of alkyl halides is 3. The number of hydrogen-bond acceptors (Lipinski definition) is 2. The van der Waals surface area contributed by atoms with Crippen LogP contribution in [0.1, 0.15) is 30.9 Å². The van der Waals surface area contributed by atoms with Gasteiger partial charge in [0.25, 0.3) is 0 Å². The Bertz CT molecular complexity index is 388. The molecule has 1 aliphatic heterocycles. The zero-order chi connectivity index (χ0) is 12.5. The molecule has 2 heterocycles. The largest absolute Gasteiger partial charge is 0.397 e. The highest BCUT2D eigenvalue weighted by Gasteiger charge is 2.37. The number of carbonyl (C=O) groups excluding carboxylic acids is 1. The Labute approximate surface area is 101 Å². The van der Waals surface area contributed by atoms with Crippen molar-refractivity contribution in [1.29, 1.82) is 0 Å². The molecule has 0 aliphatic carbocycles. The van der Waals surface area contributed by atoms with E-state index in [9.17, 15) is 18.0 Å². The zero-order valence-corrected chi connectivity index (χ0v) is 9.85. The van der Waals surface area contributed by atoms with E-state index in [1.54, 1.807) is 0 Å². The summed E-state index contributed by atoms with van der Waals surface area (Å²) in [5.41, 5.74) is 0.947. The first-order chi connectivity index (χ1) is 7.97. The Morgan fingerprint density at radius 2 is 2.29 bits per heavy atom. The molecule has 2 rings (SSSR count). The Hall–Kier alpha value is -1.04. The van der Waals surface area contributed by atoms with Crippen molar-refractivity contribution in [3.05, 3.63) is 22.4 Å². The molecule has 0 bridgehead atoms. The van der Waals surface area contributed by atoms with E-state index in [0.717, 1.165) is 18.4 Å². The molecular formula is C11H12F3NOS. The van der Waals surface area contributed by atoms with Gasteiger partial charge in [-0.05, 0) is 35.2 Å². The summed E-state index contributed by atoms with van der Waals surface area (Å²) < 4.78 is 36.6. The van der Waals surface area contributed by atoms with Crippen LogP contribution in [0.5, 0.6) is 0 Å². The van der Waals surface area contributed by atoms with Gasteiger partial charge in [0, 0.05) is 6.54 Å². The average molecular weight is 263 g/mol. The molecule has 94 valence electrons. The molecule has 0 saturated carbocycles. The van der Waals surface area contributed by atoms with Gasteiger partial charge in [0.2, 0.25) is 5.91 Å². The summed E-state index contributed by atoms with van der Waals surface area (Å²) in [5.74, 6) is -0.814. The van der Waals surface area contributed by atoms with Crippen molar-refractivity contribution in [2.45, 2.75) is 31.5 Å². The van der Waals surface area contributed by atoms with Crippen molar-refractivity contribution >= 4 is 17.2 Å². The average Bonchev–Trinajstić information content (AvgIpc) is 2.85. The summed E-state index contributed by atoms with van der Waals surface area (Å²) >= 11 is 1.49. The van der Waals surface area contributed by atoms with Crippen LogP contribution in [0, 0.1) is 0 Å². The van der Waals surface area contributed by atoms with Gasteiger partial charge in [-0.2, -0.15) is 24.5 Å². The van der Waals surface area contributed by atoms with Gasteiger partial charge in [-0.15, -0.1) is 0 Å². The first-order valence-electron chi connectivity index (χ1n) is 5.36. The topological polar surface area (TPSA) is 20.3 Å². The van der Waals surface area contributed by atoms with Crippen molar-refractivity contribution in [3.8, 4) is 0 Å². The third-order valence-electron chi connectivity index (χ3n) is 2.85. The zero-order valence-electron chi connectivity index (χ0n) is 9.04. The summed E-state index contributed by atoms with van der Waals surface area (Å²) in [6, 6.07) is 1.70. The minimum atomic E-state index is -4.42. The Balaban J connectivity index is 2.07. The fourth-order valence-electron chi connectivity index (χ4n) is 2.15. The second-order valence-corrected chi connectivity index (χ2v) is 4.87. The van der Waals surface area contributed by atoms with Crippen LogP contribution < -0.4 is 0 Å². The predicted octanol–water partition coefficient (Wildman–Crippen LogP) is 3.36. The number of likely N-dealkylation sites (tertiary alicyclic amines) is 1. The normalized spacial score (nSPS) is 20.9. The molecule has 1 atom stereocenters. The summed E-state index contributed by atoms with van der Waals surface area (Å²) in [7, 11) is 0. The number of amides is 1. The highest BCUT2D eigenvalue weighted by molar-refractivity contribution is 7.07. The number of nitrogens with zero attached hydrogens (tertiary/aromatic N) is 1. The molecule has 6 heteroatoms. The molecular weight excluding hydrogens is 251 g/mol. The van der Waals surface area contributed by atoms with E-state index in [2.05, 4.69) is 0 Å². The molecule has 1 saturated heterocycles. The lowest BCUT2D eigenvalue weighted by Crippen LogP contribution is -2.33. The van der Waals surface area contributed by atoms with Gasteiger partial charge in [-0.25, -0.2) is 0 Å². The van der Waals surface area contributed by atoms with Crippen LogP contribution in [-0.2, 0) is 4.79 Å². The highest BCUT2D eigenvalue weighted by Crippen LogP contribution is 2.34. The van der Waals surface area contributed by atoms with Crippen molar-refractivity contribution in [1.82, 2.24) is 4.90 Å². The maximum absolute atomic E-state index is 12.2. The van der Waals surface area contributed by atoms with Gasteiger partial charge >= 0.3 is 6.18 Å². The van der Waals surface area contributed by atoms with E-state index < -0.39 is 18.5 Å². The third kappa shape index (κ3) is 3.00. The minimum Gasteiger partial charge on any atom is -0.335 e. The van der Waals surface area contributed by atoms with Gasteiger partial charge in [0.1, 0.15) is 6.42 Å². The molecule has 0 radical (unpaired) electrons. The van der Waals surface area contributed by atoms with E-state index in [1.165, 1.54) is 16.2 Å². The number of rotatable bonds is 2. The molecule has 1 fully saturated rings. The first kappa shape index (κ1) is 12.4. The summed E-state index contributed by atoms with van der Waals surface area (Å²) in [6.45, 7) is 0.426. The lowest BCUT2D eigenvalue weighted by Gasteiger charge is -2.24. The van der Waals surface area contributed by atoms with Gasteiger partial charge in [-0.3, -0.25) is 4.79 Å².